The highest BCUT2D eigenvalue weighted by Crippen LogP contribution is 2.12. The van der Waals surface area contributed by atoms with Gasteiger partial charge in [-0.05, 0) is 19.3 Å². The van der Waals surface area contributed by atoms with Crippen LogP contribution in [0.2, 0.25) is 0 Å². The summed E-state index contributed by atoms with van der Waals surface area (Å²) in [5, 5.41) is 19.3. The number of Topliss-reactive ketones (excluding diaryl/α,β-unsaturated/α-hetero) is 1. The maximum Gasteiger partial charge on any atom is 0.316 e. The van der Waals surface area contributed by atoms with Crippen LogP contribution in [0, 0.1) is 0 Å². The SMILES string of the molecule is CCCCCCCCCCCC/C=C/CCC(=O)C1=[N+](CC(O)CS(=O)(=O)O)CCN1CCO. The van der Waals surface area contributed by atoms with Gasteiger partial charge in [0.1, 0.15) is 38.0 Å². The molecule has 1 aliphatic heterocycles. The lowest BCUT2D eigenvalue weighted by molar-refractivity contribution is -0.525. The third kappa shape index (κ3) is 14.2. The van der Waals surface area contributed by atoms with Crippen molar-refractivity contribution >= 4 is 21.7 Å². The Balaban J connectivity index is 2.33. The Morgan fingerprint density at radius 3 is 2.21 bits per heavy atom. The average Bonchev–Trinajstić information content (AvgIpc) is 3.14. The summed E-state index contributed by atoms with van der Waals surface area (Å²) in [6.45, 7) is 3.37. The molecule has 1 aliphatic rings. The number of allylic oxidation sites excluding steroid dienone is 2. The van der Waals surface area contributed by atoms with Crippen molar-refractivity contribution in [3.8, 4) is 0 Å². The number of amidine groups is 1. The number of unbranched alkanes of at least 4 members (excludes halogenated alkanes) is 10. The van der Waals surface area contributed by atoms with Crippen LogP contribution in [0.1, 0.15) is 90.4 Å². The summed E-state index contributed by atoms with van der Waals surface area (Å²) < 4.78 is 32.6. The van der Waals surface area contributed by atoms with E-state index in [1.807, 2.05) is 6.08 Å². The maximum atomic E-state index is 12.8. The van der Waals surface area contributed by atoms with Crippen molar-refractivity contribution in [2.45, 2.75) is 96.5 Å². The maximum absolute atomic E-state index is 12.8. The van der Waals surface area contributed by atoms with E-state index in [0.717, 1.165) is 6.42 Å². The van der Waals surface area contributed by atoms with Crippen molar-refractivity contribution in [3.05, 3.63) is 12.2 Å². The van der Waals surface area contributed by atoms with Crippen molar-refractivity contribution in [3.63, 3.8) is 0 Å². The molecule has 3 N–H and O–H groups in total. The topological polar surface area (TPSA) is 118 Å². The molecule has 0 aromatic heterocycles. The van der Waals surface area contributed by atoms with Crippen LogP contribution in [0.3, 0.4) is 0 Å². The van der Waals surface area contributed by atoms with Crippen LogP contribution in [0.25, 0.3) is 0 Å². The Kier molecular flexibility index (Phi) is 16.3. The second kappa shape index (κ2) is 18.0. The minimum absolute atomic E-state index is 0.0582. The lowest BCUT2D eigenvalue weighted by Crippen LogP contribution is -2.40. The predicted molar refractivity (Wildman–Crippen MR) is 136 cm³/mol. The van der Waals surface area contributed by atoms with Crippen molar-refractivity contribution in [1.82, 2.24) is 4.90 Å². The van der Waals surface area contributed by atoms with E-state index in [9.17, 15) is 23.4 Å². The van der Waals surface area contributed by atoms with Crippen molar-refractivity contribution in [2.75, 3.05) is 38.5 Å². The van der Waals surface area contributed by atoms with Gasteiger partial charge in [0.25, 0.3) is 10.1 Å². The first kappa shape index (κ1) is 30.7. The fourth-order valence-electron chi connectivity index (χ4n) is 4.38. The van der Waals surface area contributed by atoms with Gasteiger partial charge in [-0.15, -0.1) is 0 Å². The van der Waals surface area contributed by atoms with Gasteiger partial charge in [-0.3, -0.25) is 18.8 Å². The zero-order valence-corrected chi connectivity index (χ0v) is 21.9. The zero-order chi connectivity index (χ0) is 25.2. The Labute approximate surface area is 206 Å². The molecule has 0 spiro atoms. The number of hydrogen-bond donors (Lipinski definition) is 3. The van der Waals surface area contributed by atoms with Crippen LogP contribution in [0.5, 0.6) is 0 Å². The Morgan fingerprint density at radius 1 is 1.03 bits per heavy atom. The van der Waals surface area contributed by atoms with Gasteiger partial charge < -0.3 is 10.2 Å². The van der Waals surface area contributed by atoms with Crippen LogP contribution in [0.15, 0.2) is 12.2 Å². The molecule has 34 heavy (non-hydrogen) atoms. The molecule has 1 unspecified atom stereocenters. The molecule has 198 valence electrons. The molecule has 1 heterocycles. The van der Waals surface area contributed by atoms with Gasteiger partial charge in [-0.2, -0.15) is 8.42 Å². The summed E-state index contributed by atoms with van der Waals surface area (Å²) in [6.07, 6.45) is 18.0. The Hall–Kier alpha value is -1.29. The van der Waals surface area contributed by atoms with E-state index in [1.165, 1.54) is 64.2 Å². The molecule has 0 saturated carbocycles. The van der Waals surface area contributed by atoms with E-state index in [0.29, 0.717) is 38.3 Å². The molecule has 1 atom stereocenters. The van der Waals surface area contributed by atoms with E-state index >= 15 is 0 Å². The second-order valence-corrected chi connectivity index (χ2v) is 10.8. The molecule has 8 nitrogen and oxygen atoms in total. The molecule has 9 heteroatoms. The predicted octanol–water partition coefficient (Wildman–Crippen LogP) is 3.17. The van der Waals surface area contributed by atoms with Crippen molar-refractivity contribution < 1.29 is 32.6 Å². The van der Waals surface area contributed by atoms with Gasteiger partial charge in [-0.25, -0.2) is 0 Å². The van der Waals surface area contributed by atoms with Crippen LogP contribution >= 0.6 is 0 Å². The number of rotatable bonds is 21. The first-order valence-corrected chi connectivity index (χ1v) is 14.7. The zero-order valence-electron chi connectivity index (χ0n) is 21.0. The minimum atomic E-state index is -4.30. The van der Waals surface area contributed by atoms with Crippen LogP contribution in [0.4, 0.5) is 0 Å². The summed E-state index contributed by atoms with van der Waals surface area (Å²) in [5.74, 6) is -0.452. The smallest absolute Gasteiger partial charge is 0.316 e. The number of ketones is 1. The lowest BCUT2D eigenvalue weighted by atomic mass is 10.1. The fraction of sp³-hybridized carbons (Fsp3) is 0.840. The number of aliphatic hydroxyl groups is 2. The van der Waals surface area contributed by atoms with E-state index in [1.54, 1.807) is 9.48 Å². The summed E-state index contributed by atoms with van der Waals surface area (Å²) in [5.41, 5.74) is 0. The quantitative estimate of drug-likeness (QED) is 0.0953. The van der Waals surface area contributed by atoms with E-state index in [4.69, 9.17) is 4.55 Å². The normalized spacial score (nSPS) is 15.6. The van der Waals surface area contributed by atoms with Crippen molar-refractivity contribution in [1.29, 1.82) is 0 Å². The monoisotopic (exact) mass is 503 g/mol. The number of hydrogen-bond acceptors (Lipinski definition) is 6. The standard InChI is InChI=1S/C25H46N2O6S/c1-2-3-4-5-6-7-8-9-10-11-12-13-14-15-16-24(30)25-26(19-20-28)17-18-27(25)21-23(29)22-34(31,32)33/h13-14,23,28-29H,2-12,15-22H2,1H3/p+1/b14-13+. The van der Waals surface area contributed by atoms with Crippen LogP contribution in [-0.4, -0.2) is 88.9 Å². The van der Waals surface area contributed by atoms with Gasteiger partial charge in [0.05, 0.1) is 6.61 Å². The van der Waals surface area contributed by atoms with E-state index < -0.39 is 22.0 Å². The highest BCUT2D eigenvalue weighted by atomic mass is 32.2. The number of aliphatic hydroxyl groups excluding tert-OH is 2. The average molecular weight is 504 g/mol. The molecular weight excluding hydrogens is 456 g/mol. The molecule has 0 bridgehead atoms. The molecule has 0 saturated heterocycles. The molecule has 0 fully saturated rings. The number of nitrogens with zero attached hydrogens (tertiary/aromatic N) is 2. The third-order valence-electron chi connectivity index (χ3n) is 6.12. The molecule has 1 rings (SSSR count). The molecular formula is C25H47N2O6S+. The first-order chi connectivity index (χ1) is 16.3. The summed E-state index contributed by atoms with van der Waals surface area (Å²) >= 11 is 0. The van der Waals surface area contributed by atoms with Gasteiger partial charge in [0.15, 0.2) is 0 Å². The Bertz CT molecular complexity index is 736. The molecule has 0 amide bonds. The van der Waals surface area contributed by atoms with E-state index in [-0.39, 0.29) is 18.9 Å². The Morgan fingerprint density at radius 2 is 1.62 bits per heavy atom. The number of β-amino-alcohol motifs (C(OH)–C–C–N with tert-alkyl or cyclic N) is 2. The molecule has 0 aromatic rings. The molecule has 0 radical (unpaired) electrons. The highest BCUT2D eigenvalue weighted by molar-refractivity contribution is 7.85. The van der Waals surface area contributed by atoms with Gasteiger partial charge in [0.2, 0.25) is 5.78 Å². The second-order valence-electron chi connectivity index (χ2n) is 9.29. The van der Waals surface area contributed by atoms with Gasteiger partial charge >= 0.3 is 5.84 Å². The van der Waals surface area contributed by atoms with Crippen molar-refractivity contribution in [2.24, 2.45) is 0 Å². The molecule has 0 aliphatic carbocycles. The highest BCUT2D eigenvalue weighted by Gasteiger charge is 2.36. The summed E-state index contributed by atoms with van der Waals surface area (Å²) in [6, 6.07) is 0. The third-order valence-corrected chi connectivity index (χ3v) is 6.93. The summed E-state index contributed by atoms with van der Waals surface area (Å²) in [4.78, 5) is 14.6. The minimum Gasteiger partial charge on any atom is -0.392 e. The number of carbonyl (C=O) groups is 1. The van der Waals surface area contributed by atoms with Gasteiger partial charge in [-0.1, -0.05) is 76.9 Å². The largest absolute Gasteiger partial charge is 0.392 e. The van der Waals surface area contributed by atoms with Crippen LogP contribution < -0.4 is 0 Å². The fourth-order valence-corrected chi connectivity index (χ4v) is 4.98. The molecule has 0 aromatic carbocycles. The van der Waals surface area contributed by atoms with Gasteiger partial charge in [0, 0.05) is 6.42 Å². The lowest BCUT2D eigenvalue weighted by Gasteiger charge is -2.12. The van der Waals surface area contributed by atoms with Crippen LogP contribution in [-0.2, 0) is 14.9 Å². The number of carbonyl (C=O) groups excluding carboxylic acids is 1. The van der Waals surface area contributed by atoms with E-state index in [2.05, 4.69) is 13.0 Å². The summed E-state index contributed by atoms with van der Waals surface area (Å²) in [7, 11) is -4.30. The first-order valence-electron chi connectivity index (χ1n) is 13.1.